The number of anilines is 1. The summed E-state index contributed by atoms with van der Waals surface area (Å²) in [6, 6.07) is 6.64. The first-order valence-corrected chi connectivity index (χ1v) is 9.57. The topological polar surface area (TPSA) is 92.7 Å². The van der Waals surface area contributed by atoms with E-state index < -0.39 is 16.9 Å². The molecule has 1 amide bonds. The van der Waals surface area contributed by atoms with Crippen LogP contribution in [0.25, 0.3) is 0 Å². The number of Topliss-reactive ketones (excluding diaryl/α,β-unsaturated/α-hetero) is 1. The Kier molecular flexibility index (Phi) is 4.34. The van der Waals surface area contributed by atoms with E-state index in [1.54, 1.807) is 24.3 Å². The lowest BCUT2D eigenvalue weighted by Crippen LogP contribution is -2.58. The third-order valence-electron chi connectivity index (χ3n) is 6.35. The van der Waals surface area contributed by atoms with Gasteiger partial charge in [0.25, 0.3) is 5.91 Å². The summed E-state index contributed by atoms with van der Waals surface area (Å²) in [4.78, 5) is 36.4. The Balaban J connectivity index is 1.36. The molecule has 4 aliphatic carbocycles. The zero-order chi connectivity index (χ0) is 19.2. The summed E-state index contributed by atoms with van der Waals surface area (Å²) in [6.07, 6.45) is 4.62. The first kappa shape index (κ1) is 18.2. The summed E-state index contributed by atoms with van der Waals surface area (Å²) in [5, 5.41) is 13.4. The lowest BCUT2D eigenvalue weighted by Gasteiger charge is -2.58. The van der Waals surface area contributed by atoms with Crippen LogP contribution < -0.4 is 5.32 Å². The number of aliphatic hydroxyl groups is 1. The van der Waals surface area contributed by atoms with E-state index >= 15 is 0 Å². The van der Waals surface area contributed by atoms with Gasteiger partial charge in [0, 0.05) is 11.3 Å². The average molecular weight is 371 g/mol. The van der Waals surface area contributed by atoms with E-state index in [4.69, 9.17) is 4.74 Å². The molecule has 0 aromatic heterocycles. The molecule has 4 saturated carbocycles. The smallest absolute Gasteiger partial charge is 0.312 e. The molecular formula is C21H25NO5. The number of ether oxygens (including phenoxy) is 1. The van der Waals surface area contributed by atoms with Gasteiger partial charge in [-0.05, 0) is 69.4 Å². The second-order valence-electron chi connectivity index (χ2n) is 8.73. The van der Waals surface area contributed by atoms with Gasteiger partial charge in [-0.25, -0.2) is 0 Å². The van der Waals surface area contributed by atoms with E-state index in [2.05, 4.69) is 5.32 Å². The Morgan fingerprint density at radius 3 is 2.52 bits per heavy atom. The van der Waals surface area contributed by atoms with Crippen LogP contribution in [0, 0.1) is 17.3 Å². The number of nitrogens with one attached hydrogen (secondary N) is 1. The second kappa shape index (κ2) is 6.44. The summed E-state index contributed by atoms with van der Waals surface area (Å²) in [5.74, 6) is -0.119. The fraction of sp³-hybridized carbons (Fsp3) is 0.571. The highest BCUT2D eigenvalue weighted by Crippen LogP contribution is 2.61. The lowest BCUT2D eigenvalue weighted by molar-refractivity contribution is -0.196. The monoisotopic (exact) mass is 371 g/mol. The van der Waals surface area contributed by atoms with Gasteiger partial charge in [0.1, 0.15) is 0 Å². The van der Waals surface area contributed by atoms with Gasteiger partial charge in [-0.3, -0.25) is 14.4 Å². The summed E-state index contributed by atoms with van der Waals surface area (Å²) in [6.45, 7) is 1.10. The van der Waals surface area contributed by atoms with Gasteiger partial charge < -0.3 is 15.2 Å². The highest BCUT2D eigenvalue weighted by molar-refractivity contribution is 5.97. The van der Waals surface area contributed by atoms with Gasteiger partial charge in [-0.1, -0.05) is 12.1 Å². The largest absolute Gasteiger partial charge is 0.455 e. The van der Waals surface area contributed by atoms with E-state index in [9.17, 15) is 19.5 Å². The minimum Gasteiger partial charge on any atom is -0.455 e. The van der Waals surface area contributed by atoms with Crippen LogP contribution in [-0.4, -0.2) is 35.0 Å². The third-order valence-corrected chi connectivity index (χ3v) is 6.35. The van der Waals surface area contributed by atoms with Crippen molar-refractivity contribution < 1.29 is 24.2 Å². The Labute approximate surface area is 158 Å². The minimum atomic E-state index is -0.738. The number of amides is 1. The summed E-state index contributed by atoms with van der Waals surface area (Å²) in [5.41, 5.74) is -0.369. The van der Waals surface area contributed by atoms with Crippen LogP contribution in [0.15, 0.2) is 24.3 Å². The maximum Gasteiger partial charge on any atom is 0.312 e. The van der Waals surface area contributed by atoms with Crippen LogP contribution >= 0.6 is 0 Å². The first-order chi connectivity index (χ1) is 12.8. The SMILES string of the molecule is CC(=O)c1cccc(NC(=O)COC(=O)C23C[C@@H]4C[C@@H](CC(O)(C4)C2)C3)c1. The van der Waals surface area contributed by atoms with Crippen molar-refractivity contribution >= 4 is 23.3 Å². The summed E-state index contributed by atoms with van der Waals surface area (Å²) >= 11 is 0. The molecule has 0 heterocycles. The molecule has 4 bridgehead atoms. The van der Waals surface area contributed by atoms with E-state index in [0.29, 0.717) is 29.5 Å². The first-order valence-electron chi connectivity index (χ1n) is 9.57. The minimum absolute atomic E-state index is 0.0859. The van der Waals surface area contributed by atoms with Crippen molar-refractivity contribution in [1.29, 1.82) is 0 Å². The van der Waals surface area contributed by atoms with Gasteiger partial charge in [0.05, 0.1) is 11.0 Å². The van der Waals surface area contributed by atoms with Crippen molar-refractivity contribution in [3.05, 3.63) is 29.8 Å². The zero-order valence-corrected chi connectivity index (χ0v) is 15.5. The van der Waals surface area contributed by atoms with E-state index in [1.807, 2.05) is 0 Å². The van der Waals surface area contributed by atoms with Crippen molar-refractivity contribution in [1.82, 2.24) is 0 Å². The van der Waals surface area contributed by atoms with Gasteiger partial charge in [-0.15, -0.1) is 0 Å². The van der Waals surface area contributed by atoms with Crippen molar-refractivity contribution in [2.45, 2.75) is 51.0 Å². The highest BCUT2D eigenvalue weighted by Gasteiger charge is 2.60. The molecule has 4 fully saturated rings. The lowest BCUT2D eigenvalue weighted by atomic mass is 9.48. The quantitative estimate of drug-likeness (QED) is 0.613. The van der Waals surface area contributed by atoms with Gasteiger partial charge in [0.2, 0.25) is 0 Å². The zero-order valence-electron chi connectivity index (χ0n) is 15.5. The Bertz CT molecular complexity index is 788. The van der Waals surface area contributed by atoms with E-state index in [-0.39, 0.29) is 18.4 Å². The molecule has 144 valence electrons. The number of esters is 1. The Morgan fingerprint density at radius 1 is 1.19 bits per heavy atom. The average Bonchev–Trinajstić information content (AvgIpc) is 2.57. The Morgan fingerprint density at radius 2 is 1.89 bits per heavy atom. The number of hydrogen-bond donors (Lipinski definition) is 2. The molecule has 6 nitrogen and oxygen atoms in total. The van der Waals surface area contributed by atoms with Crippen LogP contribution in [0.5, 0.6) is 0 Å². The standard InChI is InChI=1S/C21H25NO5/c1-13(23)16-3-2-4-17(6-16)22-18(24)11-27-19(25)20-7-14-5-15(8-20)10-21(26,9-14)12-20/h2-4,6,14-15,26H,5,7-12H2,1H3,(H,22,24)/t14-,15+,20?,21?. The maximum absolute atomic E-state index is 12.8. The molecule has 1 aromatic rings. The number of carbonyl (C=O) groups excluding carboxylic acids is 3. The van der Waals surface area contributed by atoms with Gasteiger partial charge >= 0.3 is 5.97 Å². The molecule has 6 heteroatoms. The van der Waals surface area contributed by atoms with Crippen LogP contribution in [0.2, 0.25) is 0 Å². The molecular weight excluding hydrogens is 346 g/mol. The van der Waals surface area contributed by atoms with Crippen LogP contribution in [0.4, 0.5) is 5.69 Å². The number of hydrogen-bond acceptors (Lipinski definition) is 5. The second-order valence-corrected chi connectivity index (χ2v) is 8.73. The highest BCUT2D eigenvalue weighted by atomic mass is 16.5. The fourth-order valence-electron chi connectivity index (χ4n) is 5.75. The van der Waals surface area contributed by atoms with Crippen molar-refractivity contribution in [3.8, 4) is 0 Å². The molecule has 4 atom stereocenters. The molecule has 27 heavy (non-hydrogen) atoms. The predicted molar refractivity (Wildman–Crippen MR) is 98.1 cm³/mol. The van der Waals surface area contributed by atoms with Crippen LogP contribution in [0.1, 0.15) is 55.8 Å². The third kappa shape index (κ3) is 3.50. The van der Waals surface area contributed by atoms with E-state index in [0.717, 1.165) is 32.1 Å². The van der Waals surface area contributed by atoms with Crippen molar-refractivity contribution in [3.63, 3.8) is 0 Å². The number of ketones is 1. The molecule has 2 N–H and O–H groups in total. The summed E-state index contributed by atoms with van der Waals surface area (Å²) in [7, 11) is 0. The molecule has 0 aliphatic heterocycles. The summed E-state index contributed by atoms with van der Waals surface area (Å²) < 4.78 is 5.35. The van der Waals surface area contributed by atoms with Crippen LogP contribution in [0.3, 0.4) is 0 Å². The predicted octanol–water partition coefficient (Wildman–Crippen LogP) is 2.70. The molecule has 2 unspecified atom stereocenters. The molecule has 5 rings (SSSR count). The number of rotatable bonds is 5. The maximum atomic E-state index is 12.8. The number of carbonyl (C=O) groups is 3. The Hall–Kier alpha value is -2.21. The van der Waals surface area contributed by atoms with Crippen LogP contribution in [-0.2, 0) is 14.3 Å². The molecule has 0 saturated heterocycles. The molecule has 1 aromatic carbocycles. The molecule has 0 spiro atoms. The van der Waals surface area contributed by atoms with Gasteiger partial charge in [-0.2, -0.15) is 0 Å². The van der Waals surface area contributed by atoms with E-state index in [1.165, 1.54) is 6.92 Å². The fourth-order valence-corrected chi connectivity index (χ4v) is 5.75. The van der Waals surface area contributed by atoms with Crippen molar-refractivity contribution in [2.75, 3.05) is 11.9 Å². The van der Waals surface area contributed by atoms with Gasteiger partial charge in [0.15, 0.2) is 12.4 Å². The normalized spacial score (nSPS) is 33.6. The number of benzene rings is 1. The molecule has 0 radical (unpaired) electrons. The van der Waals surface area contributed by atoms with Crippen molar-refractivity contribution in [2.24, 2.45) is 17.3 Å². The molecule has 4 aliphatic rings.